The van der Waals surface area contributed by atoms with Gasteiger partial charge in [0.2, 0.25) is 0 Å². The second-order valence-corrected chi connectivity index (χ2v) is 5.85. The van der Waals surface area contributed by atoms with Crippen LogP contribution in [0.4, 0.5) is 10.2 Å². The fourth-order valence-corrected chi connectivity index (χ4v) is 2.69. The summed E-state index contributed by atoms with van der Waals surface area (Å²) in [7, 11) is 0. The number of aryl methyl sites for hydroxylation is 1. The number of rotatable bonds is 4. The number of hydrogen-bond donors (Lipinski definition) is 2. The summed E-state index contributed by atoms with van der Waals surface area (Å²) in [5, 5.41) is 7.30. The fourth-order valence-electron chi connectivity index (χ4n) is 2.42. The Morgan fingerprint density at radius 1 is 1.29 bits per heavy atom. The van der Waals surface area contributed by atoms with E-state index < -0.39 is 6.10 Å². The Morgan fingerprint density at radius 3 is 2.79 bits per heavy atom. The van der Waals surface area contributed by atoms with Gasteiger partial charge in [-0.3, -0.25) is 5.10 Å². The lowest BCUT2D eigenvalue weighted by molar-refractivity contribution is 0.227. The summed E-state index contributed by atoms with van der Waals surface area (Å²) < 4.78 is 19.3. The summed E-state index contributed by atoms with van der Waals surface area (Å²) in [5.41, 5.74) is 9.09. The minimum Gasteiger partial charge on any atom is -0.482 e. The van der Waals surface area contributed by atoms with Crippen molar-refractivity contribution < 1.29 is 9.13 Å². The molecule has 0 bridgehead atoms. The first kappa shape index (κ1) is 16.3. The quantitative estimate of drug-likeness (QED) is 0.738. The highest BCUT2D eigenvalue weighted by Crippen LogP contribution is 2.33. The molecule has 1 atom stereocenters. The van der Waals surface area contributed by atoms with Gasteiger partial charge in [0, 0.05) is 33.6 Å². The maximum absolute atomic E-state index is 13.5. The predicted octanol–water partition coefficient (Wildman–Crippen LogP) is 4.29. The van der Waals surface area contributed by atoms with E-state index in [2.05, 4.69) is 15.2 Å². The van der Waals surface area contributed by atoms with Crippen molar-refractivity contribution in [2.75, 3.05) is 5.73 Å². The number of aromatic nitrogens is 3. The Bertz CT molecular complexity index is 881. The van der Waals surface area contributed by atoms with Gasteiger partial charge < -0.3 is 10.5 Å². The number of pyridine rings is 1. The fraction of sp³-hybridized carbons (Fsp3) is 0.176. The van der Waals surface area contributed by atoms with E-state index in [9.17, 15) is 4.39 Å². The number of H-pyrrole nitrogens is 1. The van der Waals surface area contributed by atoms with Gasteiger partial charge >= 0.3 is 0 Å². The summed E-state index contributed by atoms with van der Waals surface area (Å²) in [6, 6.07) is 5.93. The molecule has 0 saturated carbocycles. The number of nitrogens with one attached hydrogen (secondary N) is 1. The largest absolute Gasteiger partial charge is 0.482 e. The van der Waals surface area contributed by atoms with Crippen molar-refractivity contribution in [1.29, 1.82) is 0 Å². The Kier molecular flexibility index (Phi) is 4.40. The minimum atomic E-state index is -0.488. The molecule has 0 aliphatic carbocycles. The van der Waals surface area contributed by atoms with Crippen LogP contribution in [-0.2, 0) is 0 Å². The molecule has 0 amide bonds. The number of aromatic amines is 1. The first-order valence-corrected chi connectivity index (χ1v) is 7.71. The molecule has 0 aliphatic heterocycles. The highest BCUT2D eigenvalue weighted by atomic mass is 35.5. The molecule has 2 heterocycles. The Balaban J connectivity index is 1.92. The Hall–Kier alpha value is -2.60. The van der Waals surface area contributed by atoms with Crippen LogP contribution in [0.15, 0.2) is 36.7 Å². The van der Waals surface area contributed by atoms with E-state index >= 15 is 0 Å². The van der Waals surface area contributed by atoms with Gasteiger partial charge in [0.1, 0.15) is 11.9 Å². The molecule has 3 rings (SSSR count). The van der Waals surface area contributed by atoms with Crippen LogP contribution in [0.25, 0.3) is 11.1 Å². The predicted molar refractivity (Wildman–Crippen MR) is 91.4 cm³/mol. The SMILES string of the molecule is Cc1[nH]ncc1-c1cnc(N)c(OC(C)c2cc(F)ccc2Cl)c1. The standard InChI is InChI=1S/C17H16ClFN4O/c1-9-14(8-22-23-9)11-5-16(17(20)21-7-11)24-10(2)13-6-12(19)3-4-15(13)18/h3-8,10H,1-2H3,(H2,20,21)(H,22,23). The van der Waals surface area contributed by atoms with Crippen LogP contribution in [0.3, 0.4) is 0 Å². The molecule has 0 saturated heterocycles. The number of anilines is 1. The van der Waals surface area contributed by atoms with Crippen molar-refractivity contribution in [2.45, 2.75) is 20.0 Å². The average Bonchev–Trinajstić information content (AvgIpc) is 2.98. The zero-order chi connectivity index (χ0) is 17.3. The van der Waals surface area contributed by atoms with E-state index in [1.165, 1.54) is 18.2 Å². The smallest absolute Gasteiger partial charge is 0.166 e. The highest BCUT2D eigenvalue weighted by Gasteiger charge is 2.16. The topological polar surface area (TPSA) is 76.8 Å². The monoisotopic (exact) mass is 346 g/mol. The molecule has 1 aromatic carbocycles. The molecule has 5 nitrogen and oxygen atoms in total. The highest BCUT2D eigenvalue weighted by molar-refractivity contribution is 6.31. The van der Waals surface area contributed by atoms with Crippen molar-refractivity contribution in [3.63, 3.8) is 0 Å². The van der Waals surface area contributed by atoms with Gasteiger partial charge in [0.05, 0.1) is 6.20 Å². The van der Waals surface area contributed by atoms with Gasteiger partial charge in [-0.05, 0) is 38.1 Å². The molecule has 0 spiro atoms. The summed E-state index contributed by atoms with van der Waals surface area (Å²) in [4.78, 5) is 4.17. The van der Waals surface area contributed by atoms with E-state index in [1.807, 2.05) is 6.92 Å². The third-order valence-electron chi connectivity index (χ3n) is 3.72. The van der Waals surface area contributed by atoms with Gasteiger partial charge in [-0.15, -0.1) is 0 Å². The van der Waals surface area contributed by atoms with Crippen LogP contribution in [0, 0.1) is 12.7 Å². The molecular weight excluding hydrogens is 331 g/mol. The maximum Gasteiger partial charge on any atom is 0.166 e. The van der Waals surface area contributed by atoms with E-state index in [0.29, 0.717) is 16.3 Å². The Labute approximate surface area is 143 Å². The molecule has 2 aromatic heterocycles. The molecular formula is C17H16ClFN4O. The summed E-state index contributed by atoms with van der Waals surface area (Å²) in [6.07, 6.45) is 2.87. The molecule has 0 fully saturated rings. The molecule has 1 unspecified atom stereocenters. The molecule has 3 N–H and O–H groups in total. The number of ether oxygens (including phenoxy) is 1. The number of nitrogen functional groups attached to an aromatic ring is 1. The number of nitrogens with two attached hydrogens (primary N) is 1. The van der Waals surface area contributed by atoms with Crippen molar-refractivity contribution in [3.05, 3.63) is 58.8 Å². The minimum absolute atomic E-state index is 0.249. The van der Waals surface area contributed by atoms with Crippen LogP contribution in [-0.4, -0.2) is 15.2 Å². The molecule has 0 radical (unpaired) electrons. The first-order valence-electron chi connectivity index (χ1n) is 7.33. The van der Waals surface area contributed by atoms with Gasteiger partial charge in [-0.1, -0.05) is 11.6 Å². The lowest BCUT2D eigenvalue weighted by Crippen LogP contribution is -2.07. The number of halogens is 2. The lowest BCUT2D eigenvalue weighted by atomic mass is 10.1. The summed E-state index contributed by atoms with van der Waals surface area (Å²) >= 11 is 6.12. The van der Waals surface area contributed by atoms with Crippen LogP contribution in [0.2, 0.25) is 5.02 Å². The molecule has 7 heteroatoms. The molecule has 3 aromatic rings. The van der Waals surface area contributed by atoms with E-state index in [1.54, 1.807) is 25.4 Å². The average molecular weight is 347 g/mol. The van der Waals surface area contributed by atoms with Crippen LogP contribution >= 0.6 is 11.6 Å². The Morgan fingerprint density at radius 2 is 2.08 bits per heavy atom. The van der Waals surface area contributed by atoms with Crippen molar-refractivity contribution in [1.82, 2.24) is 15.2 Å². The van der Waals surface area contributed by atoms with Crippen LogP contribution in [0.1, 0.15) is 24.3 Å². The maximum atomic E-state index is 13.5. The van der Waals surface area contributed by atoms with Gasteiger partial charge in [-0.25, -0.2) is 9.37 Å². The number of hydrogen-bond acceptors (Lipinski definition) is 4. The van der Waals surface area contributed by atoms with E-state index in [-0.39, 0.29) is 11.6 Å². The van der Waals surface area contributed by atoms with Crippen LogP contribution < -0.4 is 10.5 Å². The summed E-state index contributed by atoms with van der Waals surface area (Å²) in [6.45, 7) is 3.68. The van der Waals surface area contributed by atoms with Gasteiger partial charge in [0.15, 0.2) is 11.6 Å². The third-order valence-corrected chi connectivity index (χ3v) is 4.07. The third kappa shape index (κ3) is 3.19. The van der Waals surface area contributed by atoms with Crippen LogP contribution in [0.5, 0.6) is 5.75 Å². The van der Waals surface area contributed by atoms with E-state index in [0.717, 1.165) is 16.8 Å². The lowest BCUT2D eigenvalue weighted by Gasteiger charge is -2.18. The van der Waals surface area contributed by atoms with Crippen molar-refractivity contribution in [3.8, 4) is 16.9 Å². The first-order chi connectivity index (χ1) is 11.5. The normalized spacial score (nSPS) is 12.2. The molecule has 124 valence electrons. The zero-order valence-electron chi connectivity index (χ0n) is 13.2. The molecule has 0 aliphatic rings. The van der Waals surface area contributed by atoms with Crippen molar-refractivity contribution >= 4 is 17.4 Å². The number of nitrogens with zero attached hydrogens (tertiary/aromatic N) is 2. The van der Waals surface area contributed by atoms with Crippen molar-refractivity contribution in [2.24, 2.45) is 0 Å². The van der Waals surface area contributed by atoms with Gasteiger partial charge in [0.25, 0.3) is 0 Å². The zero-order valence-corrected chi connectivity index (χ0v) is 13.9. The number of benzene rings is 1. The van der Waals surface area contributed by atoms with Gasteiger partial charge in [-0.2, -0.15) is 5.10 Å². The second kappa shape index (κ2) is 6.49. The van der Waals surface area contributed by atoms with E-state index in [4.69, 9.17) is 22.1 Å². The molecule has 24 heavy (non-hydrogen) atoms. The second-order valence-electron chi connectivity index (χ2n) is 5.44. The summed E-state index contributed by atoms with van der Waals surface area (Å²) in [5.74, 6) is 0.277.